The molecule has 35 heavy (non-hydrogen) atoms. The Labute approximate surface area is 217 Å². The normalized spacial score (nSPS) is 22.8. The third-order valence-corrected chi connectivity index (χ3v) is 12.7. The quantitative estimate of drug-likeness (QED) is 0.287. The van der Waals surface area contributed by atoms with Crippen molar-refractivity contribution in [2.45, 2.75) is 52.4 Å². The first-order chi connectivity index (χ1) is 16.5. The summed E-state index contributed by atoms with van der Waals surface area (Å²) in [5, 5.41) is 8.51. The van der Waals surface area contributed by atoms with E-state index in [2.05, 4.69) is 83.1 Å². The average Bonchev–Trinajstić information content (AvgIpc) is 3.26. The molecule has 0 N–H and O–H groups in total. The summed E-state index contributed by atoms with van der Waals surface area (Å²) in [4.78, 5) is 10.2. The van der Waals surface area contributed by atoms with Crippen molar-refractivity contribution < 1.29 is 9.47 Å². The van der Waals surface area contributed by atoms with Gasteiger partial charge in [0.15, 0.2) is 17.8 Å². The van der Waals surface area contributed by atoms with Gasteiger partial charge in [0.2, 0.25) is 5.88 Å². The van der Waals surface area contributed by atoms with Crippen LogP contribution >= 0.6 is 30.4 Å². The number of thioether (sulfide) groups is 1. The minimum atomic E-state index is -2.05. The molecule has 4 nitrogen and oxygen atoms in total. The monoisotopic (exact) mass is 523 g/mol. The van der Waals surface area contributed by atoms with Gasteiger partial charge < -0.3 is 9.47 Å². The Hall–Kier alpha value is -2.14. The lowest BCUT2D eigenvalue weighted by Crippen LogP contribution is -2.30. The van der Waals surface area contributed by atoms with Crippen molar-refractivity contribution in [3.63, 3.8) is 0 Å². The predicted molar refractivity (Wildman–Crippen MR) is 153 cm³/mol. The Bertz CT molecular complexity index is 1350. The second-order valence-corrected chi connectivity index (χ2v) is 16.2. The minimum absolute atomic E-state index is 0.0200. The summed E-state index contributed by atoms with van der Waals surface area (Å²) in [6.45, 7) is 15.5. The molecule has 4 bridgehead atoms. The highest BCUT2D eigenvalue weighted by molar-refractivity contribution is 8.16. The number of aliphatic imine (C=N–C) groups is 1. The third kappa shape index (κ3) is 4.45. The van der Waals surface area contributed by atoms with Gasteiger partial charge in [-0.25, -0.2) is 9.98 Å². The van der Waals surface area contributed by atoms with Crippen LogP contribution in [0.5, 0.6) is 17.4 Å². The van der Waals surface area contributed by atoms with Gasteiger partial charge in [0.25, 0.3) is 0 Å². The number of allylic oxidation sites excluding steroid dienone is 1. The summed E-state index contributed by atoms with van der Waals surface area (Å²) in [6, 6.07) is 15.1. The highest BCUT2D eigenvalue weighted by Gasteiger charge is 2.45. The zero-order chi connectivity index (χ0) is 25.0. The molecule has 7 heteroatoms. The molecule has 3 aromatic rings. The maximum Gasteiger partial charge on any atom is 0.230 e. The molecule has 3 heterocycles. The van der Waals surface area contributed by atoms with Crippen molar-refractivity contribution in [3.05, 3.63) is 69.6 Å². The van der Waals surface area contributed by atoms with E-state index >= 15 is 0 Å². The van der Waals surface area contributed by atoms with Gasteiger partial charge in [-0.05, 0) is 56.0 Å². The van der Waals surface area contributed by atoms with Gasteiger partial charge >= 0.3 is 0 Å². The van der Waals surface area contributed by atoms with E-state index in [0.717, 1.165) is 27.3 Å². The molecular weight excluding hydrogens is 491 g/mol. The number of nitrogens with zero attached hydrogens (tertiary/aromatic N) is 2. The molecule has 1 aromatic heterocycles. The second kappa shape index (κ2) is 8.76. The first-order valence-corrected chi connectivity index (χ1v) is 16.0. The minimum Gasteiger partial charge on any atom is -0.457 e. The third-order valence-electron chi connectivity index (χ3n) is 6.63. The molecule has 2 aromatic carbocycles. The summed E-state index contributed by atoms with van der Waals surface area (Å²) in [6.07, 6.45) is 0.675. The summed E-state index contributed by atoms with van der Waals surface area (Å²) in [7, 11) is -2.05. The number of fused-ring (bicyclic) bond motifs is 8. The zero-order valence-electron chi connectivity index (χ0n) is 21.4. The summed E-state index contributed by atoms with van der Waals surface area (Å²) >= 11 is 3.27. The molecular formula is C28H32N2O2PS2+. The van der Waals surface area contributed by atoms with Crippen LogP contribution in [0.2, 0.25) is 0 Å². The van der Waals surface area contributed by atoms with E-state index in [-0.39, 0.29) is 10.8 Å². The van der Waals surface area contributed by atoms with Crippen LogP contribution in [0.15, 0.2) is 64.0 Å². The van der Waals surface area contributed by atoms with Crippen LogP contribution in [0.4, 0.5) is 0 Å². The van der Waals surface area contributed by atoms with Crippen molar-refractivity contribution in [1.29, 1.82) is 0 Å². The fourth-order valence-corrected chi connectivity index (χ4v) is 9.30. The molecule has 1 atom stereocenters. The van der Waals surface area contributed by atoms with Crippen molar-refractivity contribution in [3.8, 4) is 17.4 Å². The summed E-state index contributed by atoms with van der Waals surface area (Å²) < 4.78 is 13.1. The number of ether oxygens (including phenoxy) is 2. The van der Waals surface area contributed by atoms with Gasteiger partial charge in [0.1, 0.15) is 28.6 Å². The number of aromatic nitrogens is 1. The molecule has 0 radical (unpaired) electrons. The molecule has 5 rings (SSSR count). The molecule has 2 aliphatic heterocycles. The van der Waals surface area contributed by atoms with Crippen LogP contribution in [0.1, 0.15) is 52.1 Å². The highest BCUT2D eigenvalue weighted by Crippen LogP contribution is 2.58. The summed E-state index contributed by atoms with van der Waals surface area (Å²) in [5.74, 6) is 3.27. The van der Waals surface area contributed by atoms with Crippen LogP contribution in [0.25, 0.3) is 0 Å². The molecule has 182 valence electrons. The maximum atomic E-state index is 6.60. The molecule has 1 unspecified atom stereocenters. The van der Waals surface area contributed by atoms with E-state index in [1.165, 1.54) is 16.2 Å². The second-order valence-electron chi connectivity index (χ2n) is 10.9. The van der Waals surface area contributed by atoms with E-state index < -0.39 is 7.26 Å². The number of thiazole rings is 1. The lowest BCUT2D eigenvalue weighted by Gasteiger charge is -2.29. The lowest BCUT2D eigenvalue weighted by atomic mass is 9.87. The predicted octanol–water partition coefficient (Wildman–Crippen LogP) is 7.47. The van der Waals surface area contributed by atoms with Crippen molar-refractivity contribution >= 4 is 46.0 Å². The Morgan fingerprint density at radius 2 is 1.74 bits per heavy atom. The van der Waals surface area contributed by atoms with Crippen LogP contribution in [-0.2, 0) is 10.8 Å². The Morgan fingerprint density at radius 3 is 2.51 bits per heavy atom. The van der Waals surface area contributed by atoms with Gasteiger partial charge in [-0.2, -0.15) is 0 Å². The van der Waals surface area contributed by atoms with Gasteiger partial charge in [-0.15, -0.1) is 11.3 Å². The largest absolute Gasteiger partial charge is 0.457 e. The van der Waals surface area contributed by atoms with Crippen LogP contribution < -0.4 is 20.1 Å². The number of benzene rings is 2. The first-order valence-electron chi connectivity index (χ1n) is 11.8. The van der Waals surface area contributed by atoms with Crippen LogP contribution in [-0.4, -0.2) is 23.0 Å². The van der Waals surface area contributed by atoms with Crippen molar-refractivity contribution in [2.75, 3.05) is 13.0 Å². The Morgan fingerprint density at radius 1 is 1.00 bits per heavy atom. The van der Waals surface area contributed by atoms with Crippen molar-refractivity contribution in [1.82, 2.24) is 4.98 Å². The van der Waals surface area contributed by atoms with Crippen LogP contribution in [0.3, 0.4) is 0 Å². The zero-order valence-corrected chi connectivity index (χ0v) is 23.9. The Kier molecular flexibility index (Phi) is 6.14. The SMILES string of the molecule is C/C1=C\SC2=NC[P+](C)(c3ccc(C(C)(C)C)cc3O1)c1ccccc1Oc1csc(n1)C2(C)C. The fraction of sp³-hybridized carbons (Fsp3) is 0.357. The fourth-order valence-electron chi connectivity index (χ4n) is 4.42. The number of rotatable bonds is 0. The van der Waals surface area contributed by atoms with E-state index in [4.69, 9.17) is 19.5 Å². The van der Waals surface area contributed by atoms with Crippen LogP contribution in [0, 0.1) is 0 Å². The van der Waals surface area contributed by atoms with Gasteiger partial charge in [0, 0.05) is 5.41 Å². The molecule has 2 aliphatic rings. The van der Waals surface area contributed by atoms with Gasteiger partial charge in [-0.3, -0.25) is 0 Å². The molecule has 0 fully saturated rings. The molecule has 0 spiro atoms. The van der Waals surface area contributed by atoms with Gasteiger partial charge in [-0.1, -0.05) is 50.7 Å². The standard InChI is InChI=1S/C28H32N2O2PS2/c1-18-15-34-25-28(5,6)26-30-24(16-35-26)32-20-10-8-9-11-22(20)33(7,17-29-25)23-13-12-19(27(2,3)4)14-21(23)31-18/h8-16H,17H2,1-7H3/q+1/b18-15+,29-25?. The maximum absolute atomic E-state index is 6.60. The molecule has 0 saturated heterocycles. The molecule has 0 amide bonds. The van der Waals surface area contributed by atoms with E-state index in [1.807, 2.05) is 18.4 Å². The average molecular weight is 524 g/mol. The van der Waals surface area contributed by atoms with Crippen molar-refractivity contribution in [2.24, 2.45) is 4.99 Å². The number of para-hydroxylation sites is 1. The smallest absolute Gasteiger partial charge is 0.230 e. The topological polar surface area (TPSA) is 43.7 Å². The van der Waals surface area contributed by atoms with E-state index in [0.29, 0.717) is 12.2 Å². The van der Waals surface area contributed by atoms with Gasteiger partial charge in [0.05, 0.1) is 22.5 Å². The lowest BCUT2D eigenvalue weighted by molar-refractivity contribution is 0.430. The van der Waals surface area contributed by atoms with E-state index in [1.54, 1.807) is 23.1 Å². The number of hydrogen-bond donors (Lipinski definition) is 0. The highest BCUT2D eigenvalue weighted by atomic mass is 32.2. The molecule has 0 saturated carbocycles. The molecule has 0 aliphatic carbocycles. The summed E-state index contributed by atoms with van der Waals surface area (Å²) in [5.41, 5.74) is 0.932. The van der Waals surface area contributed by atoms with E-state index in [9.17, 15) is 0 Å². The number of hydrogen-bond acceptors (Lipinski definition) is 6. The first kappa shape index (κ1) is 24.5. The Balaban J connectivity index is 1.82.